The van der Waals surface area contributed by atoms with Crippen molar-refractivity contribution in [1.82, 2.24) is 0 Å². The lowest BCUT2D eigenvalue weighted by atomic mass is 9.93. The van der Waals surface area contributed by atoms with E-state index in [-0.39, 0.29) is 10.7 Å². The first-order valence-corrected chi connectivity index (χ1v) is 8.75. The van der Waals surface area contributed by atoms with E-state index in [4.69, 9.17) is 9.29 Å². The standard InChI is InChI=1S/C18H16O5S/c1-18(2)17(19)15(16(23-18)13-6-4-3-5-7-13)12-8-10-14(11-9-12)24(20,21)22/h3-11H,1-2H3,(H,20,21,22). The lowest BCUT2D eigenvalue weighted by Crippen LogP contribution is -2.29. The average Bonchev–Trinajstić information content (AvgIpc) is 2.78. The van der Waals surface area contributed by atoms with Crippen LogP contribution < -0.4 is 0 Å². The van der Waals surface area contributed by atoms with Crippen LogP contribution >= 0.6 is 0 Å². The number of rotatable bonds is 3. The monoisotopic (exact) mass is 344 g/mol. The minimum Gasteiger partial charge on any atom is -0.478 e. The molecule has 6 heteroatoms. The fourth-order valence-corrected chi connectivity index (χ4v) is 3.09. The molecule has 124 valence electrons. The van der Waals surface area contributed by atoms with Gasteiger partial charge in [0.25, 0.3) is 10.1 Å². The molecule has 3 rings (SSSR count). The molecule has 0 fully saturated rings. The zero-order valence-electron chi connectivity index (χ0n) is 13.2. The number of ether oxygens (including phenoxy) is 1. The van der Waals surface area contributed by atoms with Crippen LogP contribution in [0, 0.1) is 0 Å². The molecule has 5 nitrogen and oxygen atoms in total. The first-order chi connectivity index (χ1) is 11.2. The van der Waals surface area contributed by atoms with Crippen molar-refractivity contribution in [3.8, 4) is 0 Å². The van der Waals surface area contributed by atoms with Crippen molar-refractivity contribution in [1.29, 1.82) is 0 Å². The van der Waals surface area contributed by atoms with E-state index >= 15 is 0 Å². The number of hydrogen-bond donors (Lipinski definition) is 1. The highest BCUT2D eigenvalue weighted by Gasteiger charge is 2.42. The molecular formula is C18H16O5S. The molecule has 24 heavy (non-hydrogen) atoms. The fourth-order valence-electron chi connectivity index (χ4n) is 2.61. The molecule has 0 atom stereocenters. The Hall–Kier alpha value is -2.44. The van der Waals surface area contributed by atoms with Gasteiger partial charge in [0, 0.05) is 5.56 Å². The Morgan fingerprint density at radius 1 is 0.917 bits per heavy atom. The molecule has 0 saturated heterocycles. The lowest BCUT2D eigenvalue weighted by molar-refractivity contribution is -0.125. The molecule has 2 aromatic carbocycles. The smallest absolute Gasteiger partial charge is 0.294 e. The van der Waals surface area contributed by atoms with Gasteiger partial charge in [-0.3, -0.25) is 9.35 Å². The Bertz CT molecular complexity index is 923. The summed E-state index contributed by atoms with van der Waals surface area (Å²) < 4.78 is 37.3. The van der Waals surface area contributed by atoms with Crippen molar-refractivity contribution in [3.05, 3.63) is 65.7 Å². The van der Waals surface area contributed by atoms with Crippen molar-refractivity contribution in [2.24, 2.45) is 0 Å². The quantitative estimate of drug-likeness (QED) is 0.865. The third kappa shape index (κ3) is 2.86. The van der Waals surface area contributed by atoms with Crippen LogP contribution in [0.2, 0.25) is 0 Å². The van der Waals surface area contributed by atoms with E-state index in [0.717, 1.165) is 5.56 Å². The summed E-state index contributed by atoms with van der Waals surface area (Å²) in [4.78, 5) is 12.5. The van der Waals surface area contributed by atoms with E-state index in [0.29, 0.717) is 16.9 Å². The number of hydrogen-bond acceptors (Lipinski definition) is 4. The predicted molar refractivity (Wildman–Crippen MR) is 89.7 cm³/mol. The summed E-state index contributed by atoms with van der Waals surface area (Å²) in [5.74, 6) is 0.283. The number of Topliss-reactive ketones (excluding diaryl/α,β-unsaturated/α-hetero) is 1. The van der Waals surface area contributed by atoms with Gasteiger partial charge in [0.2, 0.25) is 5.78 Å². The molecule has 1 aliphatic heterocycles. The first-order valence-electron chi connectivity index (χ1n) is 7.31. The highest BCUT2D eigenvalue weighted by molar-refractivity contribution is 7.85. The van der Waals surface area contributed by atoms with Crippen LogP contribution in [0.25, 0.3) is 11.3 Å². The van der Waals surface area contributed by atoms with Gasteiger partial charge in [0.05, 0.1) is 10.5 Å². The van der Waals surface area contributed by atoms with Crippen LogP contribution in [0.15, 0.2) is 59.5 Å². The summed E-state index contributed by atoms with van der Waals surface area (Å²) in [5.41, 5.74) is 0.706. The van der Waals surface area contributed by atoms with E-state index in [9.17, 15) is 13.2 Å². The molecular weight excluding hydrogens is 328 g/mol. The molecule has 2 aromatic rings. The molecule has 0 spiro atoms. The molecule has 0 radical (unpaired) electrons. The Balaban J connectivity index is 2.16. The molecule has 0 amide bonds. The van der Waals surface area contributed by atoms with Crippen LogP contribution in [-0.2, 0) is 19.6 Å². The summed E-state index contributed by atoms with van der Waals surface area (Å²) in [5, 5.41) is 0. The van der Waals surface area contributed by atoms with E-state index in [1.807, 2.05) is 30.3 Å². The van der Waals surface area contributed by atoms with Crippen LogP contribution in [0.3, 0.4) is 0 Å². The molecule has 0 unspecified atom stereocenters. The Labute approximate surface area is 140 Å². The fraction of sp³-hybridized carbons (Fsp3) is 0.167. The molecule has 0 saturated carbocycles. The van der Waals surface area contributed by atoms with Crippen LogP contribution in [-0.4, -0.2) is 24.4 Å². The molecule has 0 aliphatic carbocycles. The molecule has 0 bridgehead atoms. The SMILES string of the molecule is CC1(C)OC(c2ccccc2)=C(c2ccc(S(=O)(=O)O)cc2)C1=O. The summed E-state index contributed by atoms with van der Waals surface area (Å²) in [6.45, 7) is 3.38. The zero-order chi connectivity index (χ0) is 17.5. The predicted octanol–water partition coefficient (Wildman–Crippen LogP) is 3.18. The summed E-state index contributed by atoms with van der Waals surface area (Å²) in [7, 11) is -4.28. The lowest BCUT2D eigenvalue weighted by Gasteiger charge is -2.17. The second-order valence-corrected chi connectivity index (χ2v) is 7.43. The zero-order valence-corrected chi connectivity index (χ0v) is 14.0. The topological polar surface area (TPSA) is 80.7 Å². The van der Waals surface area contributed by atoms with Crippen molar-refractivity contribution >= 4 is 27.2 Å². The van der Waals surface area contributed by atoms with Crippen molar-refractivity contribution in [2.75, 3.05) is 0 Å². The van der Waals surface area contributed by atoms with Gasteiger partial charge in [-0.05, 0) is 31.5 Å². The van der Waals surface area contributed by atoms with Crippen molar-refractivity contribution in [3.63, 3.8) is 0 Å². The van der Waals surface area contributed by atoms with E-state index in [2.05, 4.69) is 0 Å². The van der Waals surface area contributed by atoms with E-state index in [1.165, 1.54) is 24.3 Å². The number of carbonyl (C=O) groups is 1. The minimum absolute atomic E-state index is 0.180. The van der Waals surface area contributed by atoms with Gasteiger partial charge in [0.15, 0.2) is 5.60 Å². The number of benzene rings is 2. The van der Waals surface area contributed by atoms with Crippen LogP contribution in [0.4, 0.5) is 0 Å². The Morgan fingerprint density at radius 3 is 2.04 bits per heavy atom. The van der Waals surface area contributed by atoms with Gasteiger partial charge in [-0.1, -0.05) is 42.5 Å². The van der Waals surface area contributed by atoms with E-state index < -0.39 is 15.7 Å². The summed E-state index contributed by atoms with van der Waals surface area (Å²) >= 11 is 0. The maximum atomic E-state index is 12.7. The normalized spacial score (nSPS) is 17.0. The highest BCUT2D eigenvalue weighted by Crippen LogP contribution is 2.41. The third-order valence-corrected chi connectivity index (χ3v) is 4.70. The minimum atomic E-state index is -4.28. The van der Waals surface area contributed by atoms with Gasteiger partial charge in [-0.2, -0.15) is 8.42 Å². The van der Waals surface area contributed by atoms with Crippen molar-refractivity contribution < 1.29 is 22.5 Å². The molecule has 1 aliphatic rings. The average molecular weight is 344 g/mol. The number of carbonyl (C=O) groups excluding carboxylic acids is 1. The van der Waals surface area contributed by atoms with Crippen LogP contribution in [0.1, 0.15) is 25.0 Å². The molecule has 0 aromatic heterocycles. The third-order valence-electron chi connectivity index (χ3n) is 3.83. The first kappa shape index (κ1) is 16.4. The van der Waals surface area contributed by atoms with Gasteiger partial charge >= 0.3 is 0 Å². The molecule has 1 N–H and O–H groups in total. The largest absolute Gasteiger partial charge is 0.478 e. The Kier molecular flexibility index (Phi) is 3.81. The van der Waals surface area contributed by atoms with Gasteiger partial charge in [0.1, 0.15) is 5.76 Å². The maximum Gasteiger partial charge on any atom is 0.294 e. The summed E-state index contributed by atoms with van der Waals surface area (Å²) in [6.07, 6.45) is 0. The second-order valence-electron chi connectivity index (χ2n) is 6.01. The Morgan fingerprint density at radius 2 is 1.50 bits per heavy atom. The second kappa shape index (κ2) is 5.58. The molecule has 1 heterocycles. The summed E-state index contributed by atoms with van der Waals surface area (Å²) in [6, 6.07) is 14.8. The number of ketones is 1. The maximum absolute atomic E-state index is 12.7. The van der Waals surface area contributed by atoms with Crippen LogP contribution in [0.5, 0.6) is 0 Å². The van der Waals surface area contributed by atoms with Gasteiger partial charge in [-0.15, -0.1) is 0 Å². The van der Waals surface area contributed by atoms with E-state index in [1.54, 1.807) is 13.8 Å². The van der Waals surface area contributed by atoms with Gasteiger partial charge in [-0.25, -0.2) is 0 Å². The van der Waals surface area contributed by atoms with Crippen molar-refractivity contribution in [2.45, 2.75) is 24.3 Å². The van der Waals surface area contributed by atoms with Gasteiger partial charge < -0.3 is 4.74 Å². The highest BCUT2D eigenvalue weighted by atomic mass is 32.2.